The molecule has 1 atom stereocenters. The lowest BCUT2D eigenvalue weighted by Crippen LogP contribution is -2.40. The van der Waals surface area contributed by atoms with Gasteiger partial charge in [0.05, 0.1) is 11.6 Å². The molecule has 0 unspecified atom stereocenters. The van der Waals surface area contributed by atoms with Gasteiger partial charge >= 0.3 is 0 Å². The number of nitriles is 1. The molecule has 1 aliphatic rings. The number of carbonyl (C=O) groups is 1. The summed E-state index contributed by atoms with van der Waals surface area (Å²) in [4.78, 5) is 17.6. The van der Waals surface area contributed by atoms with Crippen LogP contribution in [0.1, 0.15) is 33.2 Å². The summed E-state index contributed by atoms with van der Waals surface area (Å²) in [6.45, 7) is 2.79. The molecule has 1 fully saturated rings. The Hall–Kier alpha value is -2.19. The smallest absolute Gasteiger partial charge is 0.270 e. The van der Waals surface area contributed by atoms with Crippen LogP contribution >= 0.6 is 11.8 Å². The molecule has 0 bridgehead atoms. The van der Waals surface area contributed by atoms with Crippen LogP contribution in [0.3, 0.4) is 0 Å². The third-order valence-corrected chi connectivity index (χ3v) is 4.92. The normalized spacial score (nSPS) is 18.0. The Morgan fingerprint density at radius 3 is 2.86 bits per heavy atom. The zero-order chi connectivity index (χ0) is 15.5. The standard InChI is InChI=1S/C17H17N3OS/c1-12-2-4-14(5-3-12)16-11-22-7-6-20(16)17(21)15-8-13(9-18)10-19-15/h2-5,8,10,16,19H,6-7,11H2,1H3/t16-/m0/s1. The van der Waals surface area contributed by atoms with E-state index < -0.39 is 0 Å². The first-order valence-corrected chi connectivity index (χ1v) is 8.38. The number of aromatic amines is 1. The second-order valence-electron chi connectivity index (χ2n) is 5.41. The molecule has 4 nitrogen and oxygen atoms in total. The lowest BCUT2D eigenvalue weighted by Gasteiger charge is -2.35. The maximum absolute atomic E-state index is 12.8. The van der Waals surface area contributed by atoms with Crippen molar-refractivity contribution in [1.82, 2.24) is 9.88 Å². The van der Waals surface area contributed by atoms with Crippen LogP contribution in [0.15, 0.2) is 36.5 Å². The van der Waals surface area contributed by atoms with Crippen molar-refractivity contribution in [2.45, 2.75) is 13.0 Å². The highest BCUT2D eigenvalue weighted by Crippen LogP contribution is 2.30. The Morgan fingerprint density at radius 2 is 2.18 bits per heavy atom. The quantitative estimate of drug-likeness (QED) is 0.927. The Morgan fingerprint density at radius 1 is 1.41 bits per heavy atom. The molecule has 3 rings (SSSR count). The third kappa shape index (κ3) is 2.88. The van der Waals surface area contributed by atoms with Crippen LogP contribution in [-0.4, -0.2) is 33.8 Å². The van der Waals surface area contributed by atoms with Crippen LogP contribution in [0.2, 0.25) is 0 Å². The number of benzene rings is 1. The van der Waals surface area contributed by atoms with E-state index in [-0.39, 0.29) is 11.9 Å². The molecule has 1 saturated heterocycles. The molecule has 1 N–H and O–H groups in total. The summed E-state index contributed by atoms with van der Waals surface area (Å²) in [7, 11) is 0. The van der Waals surface area contributed by atoms with Crippen molar-refractivity contribution < 1.29 is 4.79 Å². The molecule has 5 heteroatoms. The number of nitrogens with one attached hydrogen (secondary N) is 1. The van der Waals surface area contributed by atoms with E-state index in [4.69, 9.17) is 5.26 Å². The highest BCUT2D eigenvalue weighted by Gasteiger charge is 2.29. The lowest BCUT2D eigenvalue weighted by atomic mass is 10.0. The van der Waals surface area contributed by atoms with Crippen molar-refractivity contribution in [3.8, 4) is 6.07 Å². The van der Waals surface area contributed by atoms with Gasteiger partial charge in [0.2, 0.25) is 0 Å². The fourth-order valence-electron chi connectivity index (χ4n) is 2.65. The average Bonchev–Trinajstić information content (AvgIpc) is 3.04. The van der Waals surface area contributed by atoms with Gasteiger partial charge in [-0.3, -0.25) is 4.79 Å². The molecule has 2 aromatic rings. The van der Waals surface area contributed by atoms with E-state index in [1.165, 1.54) is 11.1 Å². The summed E-state index contributed by atoms with van der Waals surface area (Å²) in [5.74, 6) is 1.81. The number of aryl methyl sites for hydroxylation is 1. The monoisotopic (exact) mass is 311 g/mol. The summed E-state index contributed by atoms with van der Waals surface area (Å²) in [6, 6.07) is 12.1. The highest BCUT2D eigenvalue weighted by atomic mass is 32.2. The maximum Gasteiger partial charge on any atom is 0.270 e. The van der Waals surface area contributed by atoms with E-state index in [0.29, 0.717) is 11.3 Å². The van der Waals surface area contributed by atoms with E-state index in [9.17, 15) is 4.79 Å². The van der Waals surface area contributed by atoms with E-state index in [1.807, 2.05) is 22.7 Å². The first-order chi connectivity index (χ1) is 10.7. The van der Waals surface area contributed by atoms with Crippen LogP contribution in [0.25, 0.3) is 0 Å². The van der Waals surface area contributed by atoms with Gasteiger partial charge in [0, 0.05) is 24.2 Å². The van der Waals surface area contributed by atoms with Gasteiger partial charge in [0.25, 0.3) is 5.91 Å². The minimum atomic E-state index is -0.0348. The molecule has 1 amide bonds. The highest BCUT2D eigenvalue weighted by molar-refractivity contribution is 7.99. The predicted octanol–water partition coefficient (Wildman–Crippen LogP) is 3.13. The zero-order valence-electron chi connectivity index (χ0n) is 12.4. The van der Waals surface area contributed by atoms with Gasteiger partial charge in [0.1, 0.15) is 11.8 Å². The van der Waals surface area contributed by atoms with Crippen molar-refractivity contribution in [3.05, 3.63) is 58.9 Å². The molecule has 1 aromatic carbocycles. The second-order valence-corrected chi connectivity index (χ2v) is 6.56. The first-order valence-electron chi connectivity index (χ1n) is 7.23. The van der Waals surface area contributed by atoms with Gasteiger partial charge in [0.15, 0.2) is 0 Å². The molecule has 1 aromatic heterocycles. The minimum absolute atomic E-state index is 0.0348. The molecule has 0 spiro atoms. The number of hydrogen-bond acceptors (Lipinski definition) is 3. The Kier molecular flexibility index (Phi) is 4.21. The maximum atomic E-state index is 12.8. The fourth-order valence-corrected chi connectivity index (χ4v) is 3.74. The Bertz CT molecular complexity index is 714. The summed E-state index contributed by atoms with van der Waals surface area (Å²) in [5, 5.41) is 8.90. The van der Waals surface area contributed by atoms with E-state index >= 15 is 0 Å². The van der Waals surface area contributed by atoms with Crippen molar-refractivity contribution >= 4 is 17.7 Å². The number of carbonyl (C=O) groups excluding carboxylic acids is 1. The molecular formula is C17H17N3OS. The van der Waals surface area contributed by atoms with Gasteiger partial charge < -0.3 is 9.88 Å². The first kappa shape index (κ1) is 14.7. The number of nitrogens with zero attached hydrogens (tertiary/aromatic N) is 2. The number of thioether (sulfide) groups is 1. The summed E-state index contributed by atoms with van der Waals surface area (Å²) in [5.41, 5.74) is 3.36. The number of amides is 1. The topological polar surface area (TPSA) is 59.9 Å². The van der Waals surface area contributed by atoms with E-state index in [0.717, 1.165) is 18.1 Å². The van der Waals surface area contributed by atoms with Crippen molar-refractivity contribution in [1.29, 1.82) is 5.26 Å². The second kappa shape index (κ2) is 6.29. The average molecular weight is 311 g/mol. The molecule has 0 radical (unpaired) electrons. The largest absolute Gasteiger partial charge is 0.356 e. The Labute approximate surface area is 134 Å². The van der Waals surface area contributed by atoms with Crippen LogP contribution in [-0.2, 0) is 0 Å². The molecule has 0 saturated carbocycles. The Balaban J connectivity index is 1.87. The van der Waals surface area contributed by atoms with E-state index in [1.54, 1.807) is 12.3 Å². The van der Waals surface area contributed by atoms with Crippen LogP contribution in [0.5, 0.6) is 0 Å². The molecule has 2 heterocycles. The van der Waals surface area contributed by atoms with Crippen LogP contribution in [0.4, 0.5) is 0 Å². The molecule has 0 aliphatic carbocycles. The SMILES string of the molecule is Cc1ccc([C@@H]2CSCCN2C(=O)c2cc(C#N)c[nH]2)cc1. The van der Waals surface area contributed by atoms with Gasteiger partial charge in [-0.05, 0) is 18.6 Å². The van der Waals surface area contributed by atoms with Crippen molar-refractivity contribution in [2.24, 2.45) is 0 Å². The third-order valence-electron chi connectivity index (χ3n) is 3.89. The number of rotatable bonds is 2. The lowest BCUT2D eigenvalue weighted by molar-refractivity contribution is 0.0696. The molecular weight excluding hydrogens is 294 g/mol. The predicted molar refractivity (Wildman–Crippen MR) is 87.8 cm³/mol. The molecule has 112 valence electrons. The van der Waals surface area contributed by atoms with Gasteiger partial charge in [-0.15, -0.1) is 0 Å². The number of H-pyrrole nitrogens is 1. The summed E-state index contributed by atoms with van der Waals surface area (Å²) in [6.07, 6.45) is 1.58. The van der Waals surface area contributed by atoms with Crippen LogP contribution < -0.4 is 0 Å². The number of aromatic nitrogens is 1. The summed E-state index contributed by atoms with van der Waals surface area (Å²) < 4.78 is 0. The van der Waals surface area contributed by atoms with Crippen molar-refractivity contribution in [3.63, 3.8) is 0 Å². The fraction of sp³-hybridized carbons (Fsp3) is 0.294. The van der Waals surface area contributed by atoms with Gasteiger partial charge in [-0.2, -0.15) is 17.0 Å². The van der Waals surface area contributed by atoms with Gasteiger partial charge in [-0.25, -0.2) is 0 Å². The summed E-state index contributed by atoms with van der Waals surface area (Å²) >= 11 is 1.87. The molecule has 1 aliphatic heterocycles. The molecule has 22 heavy (non-hydrogen) atoms. The van der Waals surface area contributed by atoms with Crippen molar-refractivity contribution in [2.75, 3.05) is 18.1 Å². The van der Waals surface area contributed by atoms with E-state index in [2.05, 4.69) is 36.2 Å². The van der Waals surface area contributed by atoms with Crippen LogP contribution in [0, 0.1) is 18.3 Å². The minimum Gasteiger partial charge on any atom is -0.356 e. The zero-order valence-corrected chi connectivity index (χ0v) is 13.2. The number of hydrogen-bond donors (Lipinski definition) is 1. The van der Waals surface area contributed by atoms with Gasteiger partial charge in [-0.1, -0.05) is 29.8 Å².